The second-order valence-electron chi connectivity index (χ2n) is 4.44. The number of allylic oxidation sites excluding steroid dienone is 5. The first kappa shape index (κ1) is 17.1. The van der Waals surface area contributed by atoms with Crippen molar-refractivity contribution in [3.63, 3.8) is 0 Å². The van der Waals surface area contributed by atoms with Crippen molar-refractivity contribution in [3.8, 4) is 11.4 Å². The van der Waals surface area contributed by atoms with Crippen LogP contribution in [0.2, 0.25) is 0 Å². The molecule has 0 radical (unpaired) electrons. The largest absolute Gasteiger partial charge is 0.478 e. The molecule has 0 saturated carbocycles. The number of rotatable bonds is 6. The molecular formula is C16H14ClN2O3P. The molecule has 0 aliphatic heterocycles. The van der Waals surface area contributed by atoms with Crippen LogP contribution in [-0.4, -0.2) is 27.1 Å². The number of carbonyl (C=O) groups is 1. The lowest BCUT2D eigenvalue weighted by molar-refractivity contribution is 0.0697. The third kappa shape index (κ3) is 4.15. The molecule has 1 aromatic carbocycles. The van der Waals surface area contributed by atoms with Gasteiger partial charge in [-0.15, -0.1) is 20.8 Å². The van der Waals surface area contributed by atoms with Crippen molar-refractivity contribution in [1.82, 2.24) is 10.1 Å². The zero-order valence-corrected chi connectivity index (χ0v) is 14.0. The van der Waals surface area contributed by atoms with Crippen molar-refractivity contribution < 1.29 is 14.4 Å². The summed E-state index contributed by atoms with van der Waals surface area (Å²) in [6.45, 7) is 3.66. The van der Waals surface area contributed by atoms with Crippen LogP contribution in [0.15, 0.2) is 58.9 Å². The van der Waals surface area contributed by atoms with Gasteiger partial charge in [-0.2, -0.15) is 4.98 Å². The van der Waals surface area contributed by atoms with Gasteiger partial charge in [-0.05, 0) is 23.5 Å². The number of alkyl halides is 1. The molecule has 0 amide bonds. The Morgan fingerprint density at radius 2 is 2.26 bits per heavy atom. The van der Waals surface area contributed by atoms with Gasteiger partial charge in [-0.3, -0.25) is 0 Å². The van der Waals surface area contributed by atoms with Crippen LogP contribution in [-0.2, 0) is 0 Å². The fourth-order valence-corrected chi connectivity index (χ4v) is 2.50. The standard InChI is InChI=1S/C16H14ClN2O3P/c1-2-4-12(13(23)7-8-17)15-18-14(19-22-15)10-5-3-6-11(9-10)16(20)21/h2-7,9H,1,8,23H2,(H,20,21)/b12-4+,13-7+. The summed E-state index contributed by atoms with van der Waals surface area (Å²) in [4.78, 5) is 15.4. The lowest BCUT2D eigenvalue weighted by Gasteiger charge is -2.01. The Labute approximate surface area is 140 Å². The molecule has 2 aromatic rings. The maximum Gasteiger partial charge on any atom is 0.335 e. The molecule has 0 bridgehead atoms. The highest BCUT2D eigenvalue weighted by molar-refractivity contribution is 7.24. The second kappa shape index (κ2) is 7.86. The van der Waals surface area contributed by atoms with E-state index in [1.165, 1.54) is 12.1 Å². The number of hydrogen-bond acceptors (Lipinski definition) is 4. The Morgan fingerprint density at radius 3 is 2.91 bits per heavy atom. The molecular weight excluding hydrogens is 335 g/mol. The van der Waals surface area contributed by atoms with Crippen molar-refractivity contribution in [2.24, 2.45) is 0 Å². The smallest absolute Gasteiger partial charge is 0.335 e. The number of carboxylic acid groups (broad SMARTS) is 1. The molecule has 0 fully saturated rings. The summed E-state index contributed by atoms with van der Waals surface area (Å²) in [6, 6.07) is 6.34. The van der Waals surface area contributed by atoms with E-state index >= 15 is 0 Å². The van der Waals surface area contributed by atoms with Gasteiger partial charge < -0.3 is 9.63 Å². The van der Waals surface area contributed by atoms with E-state index in [9.17, 15) is 4.79 Å². The Bertz CT molecular complexity index is 796. The minimum atomic E-state index is -1.01. The maximum atomic E-state index is 11.0. The molecule has 2 rings (SSSR count). The summed E-state index contributed by atoms with van der Waals surface area (Å²) in [5.74, 6) is -0.0663. The Kier molecular flexibility index (Phi) is 5.85. The molecule has 0 spiro atoms. The van der Waals surface area contributed by atoms with E-state index < -0.39 is 5.97 Å². The van der Waals surface area contributed by atoms with E-state index in [2.05, 4.69) is 26.0 Å². The lowest BCUT2D eigenvalue weighted by Crippen LogP contribution is -1.96. The number of nitrogens with zero attached hydrogens (tertiary/aromatic N) is 2. The summed E-state index contributed by atoms with van der Waals surface area (Å²) in [5, 5.41) is 13.8. The monoisotopic (exact) mass is 348 g/mol. The Hall–Kier alpha value is -2.23. The van der Waals surface area contributed by atoms with Crippen LogP contribution >= 0.6 is 20.8 Å². The van der Waals surface area contributed by atoms with Crippen molar-refractivity contribution in [2.45, 2.75) is 0 Å². The van der Waals surface area contributed by atoms with E-state index in [0.717, 1.165) is 5.31 Å². The van der Waals surface area contributed by atoms with Crippen LogP contribution in [0.5, 0.6) is 0 Å². The SMILES string of the molecule is C=C/C=C(\C(P)=C/CCl)c1nc(-c2cccc(C(=O)O)c2)no1. The van der Waals surface area contributed by atoms with Gasteiger partial charge in [-0.25, -0.2) is 4.79 Å². The average molecular weight is 349 g/mol. The van der Waals surface area contributed by atoms with Gasteiger partial charge >= 0.3 is 5.97 Å². The quantitative estimate of drug-likeness (QED) is 0.485. The lowest BCUT2D eigenvalue weighted by atomic mass is 10.1. The first-order valence-corrected chi connectivity index (χ1v) is 7.70. The van der Waals surface area contributed by atoms with Crippen LogP contribution in [0.3, 0.4) is 0 Å². The number of benzene rings is 1. The van der Waals surface area contributed by atoms with Crippen LogP contribution in [0, 0.1) is 0 Å². The highest BCUT2D eigenvalue weighted by Crippen LogP contribution is 2.28. The summed E-state index contributed by atoms with van der Waals surface area (Å²) in [5.41, 5.74) is 1.40. The Balaban J connectivity index is 2.41. The van der Waals surface area contributed by atoms with Crippen molar-refractivity contribution in [1.29, 1.82) is 0 Å². The predicted molar refractivity (Wildman–Crippen MR) is 93.4 cm³/mol. The first-order chi connectivity index (χ1) is 11.1. The zero-order chi connectivity index (χ0) is 16.8. The maximum absolute atomic E-state index is 11.0. The Morgan fingerprint density at radius 1 is 1.48 bits per heavy atom. The average Bonchev–Trinajstić information content (AvgIpc) is 3.02. The molecule has 0 saturated heterocycles. The van der Waals surface area contributed by atoms with Gasteiger partial charge in [-0.1, -0.05) is 36.0 Å². The van der Waals surface area contributed by atoms with Gasteiger partial charge in [0.25, 0.3) is 5.89 Å². The van der Waals surface area contributed by atoms with Gasteiger partial charge in [0.05, 0.1) is 5.56 Å². The van der Waals surface area contributed by atoms with E-state index in [1.807, 2.05) is 0 Å². The molecule has 1 atom stereocenters. The fourth-order valence-electron chi connectivity index (χ4n) is 1.84. The third-order valence-corrected chi connectivity index (χ3v) is 3.62. The van der Waals surface area contributed by atoms with Gasteiger partial charge in [0.1, 0.15) is 0 Å². The van der Waals surface area contributed by atoms with Gasteiger partial charge in [0.15, 0.2) is 0 Å². The van der Waals surface area contributed by atoms with Crippen molar-refractivity contribution >= 4 is 32.4 Å². The minimum absolute atomic E-state index is 0.157. The molecule has 118 valence electrons. The first-order valence-electron chi connectivity index (χ1n) is 6.59. The van der Waals surface area contributed by atoms with Gasteiger partial charge in [0, 0.05) is 17.0 Å². The fraction of sp³-hybridized carbons (Fsp3) is 0.0625. The molecule has 0 aliphatic carbocycles. The van der Waals surface area contributed by atoms with Crippen LogP contribution in [0.4, 0.5) is 0 Å². The van der Waals surface area contributed by atoms with Crippen LogP contribution in [0.25, 0.3) is 17.0 Å². The summed E-state index contributed by atoms with van der Waals surface area (Å²) >= 11 is 5.71. The summed E-state index contributed by atoms with van der Waals surface area (Å²) < 4.78 is 5.28. The highest BCUT2D eigenvalue weighted by atomic mass is 35.5. The number of aromatic carboxylic acids is 1. The van der Waals surface area contributed by atoms with Crippen LogP contribution < -0.4 is 0 Å². The third-order valence-electron chi connectivity index (χ3n) is 2.92. The summed E-state index contributed by atoms with van der Waals surface area (Å²) in [6.07, 6.45) is 5.13. The number of aromatic nitrogens is 2. The van der Waals surface area contributed by atoms with Gasteiger partial charge in [0.2, 0.25) is 5.82 Å². The minimum Gasteiger partial charge on any atom is -0.478 e. The van der Waals surface area contributed by atoms with E-state index in [4.69, 9.17) is 21.2 Å². The molecule has 1 heterocycles. The highest BCUT2D eigenvalue weighted by Gasteiger charge is 2.15. The van der Waals surface area contributed by atoms with E-state index in [1.54, 1.807) is 30.4 Å². The molecule has 23 heavy (non-hydrogen) atoms. The topological polar surface area (TPSA) is 76.2 Å². The molecule has 1 unspecified atom stereocenters. The predicted octanol–water partition coefficient (Wildman–Crippen LogP) is 4.00. The van der Waals surface area contributed by atoms with Crippen molar-refractivity contribution in [3.05, 3.63) is 65.8 Å². The molecule has 1 aromatic heterocycles. The number of carboxylic acids is 1. The summed E-state index contributed by atoms with van der Waals surface area (Å²) in [7, 11) is 2.55. The van der Waals surface area contributed by atoms with E-state index in [-0.39, 0.29) is 5.56 Å². The molecule has 5 nitrogen and oxygen atoms in total. The number of halogens is 1. The second-order valence-corrected chi connectivity index (χ2v) is 5.37. The molecule has 1 N–H and O–H groups in total. The molecule has 7 heteroatoms. The zero-order valence-electron chi connectivity index (χ0n) is 12.1. The van der Waals surface area contributed by atoms with Crippen LogP contribution in [0.1, 0.15) is 16.2 Å². The van der Waals surface area contributed by atoms with Crippen molar-refractivity contribution in [2.75, 3.05) is 5.88 Å². The van der Waals surface area contributed by atoms with E-state index in [0.29, 0.717) is 28.7 Å². The number of hydrogen-bond donors (Lipinski definition) is 1. The normalized spacial score (nSPS) is 12.3. The molecule has 0 aliphatic rings.